The highest BCUT2D eigenvalue weighted by molar-refractivity contribution is 5.22. The minimum Gasteiger partial charge on any atom is -0.368 e. The standard InChI is InChI=1S/C5H2F3N5/c6-5(7,8)3-11-2(1-9)12-4(10)13-3/h(H2,10,11,12,13). The quantitative estimate of drug-likeness (QED) is 0.635. The zero-order valence-corrected chi connectivity index (χ0v) is 6.00. The predicted octanol–water partition coefficient (Wildman–Crippen LogP) is 0.344. The molecule has 68 valence electrons. The number of nitrogens with zero attached hydrogens (tertiary/aromatic N) is 4. The van der Waals surface area contributed by atoms with Crippen LogP contribution in [0.25, 0.3) is 0 Å². The van der Waals surface area contributed by atoms with E-state index in [9.17, 15) is 13.2 Å². The van der Waals surface area contributed by atoms with Crippen LogP contribution in [-0.2, 0) is 6.18 Å². The number of anilines is 1. The second-order valence-corrected chi connectivity index (χ2v) is 1.95. The average molecular weight is 189 g/mol. The summed E-state index contributed by atoms with van der Waals surface area (Å²) >= 11 is 0. The second kappa shape index (κ2) is 2.85. The van der Waals surface area contributed by atoms with Crippen LogP contribution in [0.15, 0.2) is 0 Å². The zero-order valence-electron chi connectivity index (χ0n) is 6.00. The molecule has 2 N–H and O–H groups in total. The second-order valence-electron chi connectivity index (χ2n) is 1.95. The van der Waals surface area contributed by atoms with Crippen LogP contribution in [0, 0.1) is 11.3 Å². The van der Waals surface area contributed by atoms with Crippen molar-refractivity contribution in [3.05, 3.63) is 11.6 Å². The molecule has 0 spiro atoms. The number of hydrogen-bond acceptors (Lipinski definition) is 5. The largest absolute Gasteiger partial charge is 0.451 e. The Hall–Kier alpha value is -1.91. The predicted molar refractivity (Wildman–Crippen MR) is 34.0 cm³/mol. The summed E-state index contributed by atoms with van der Waals surface area (Å²) in [4.78, 5) is 8.83. The Morgan fingerprint density at radius 2 is 1.85 bits per heavy atom. The van der Waals surface area contributed by atoms with Crippen molar-refractivity contribution < 1.29 is 13.2 Å². The lowest BCUT2D eigenvalue weighted by atomic mass is 10.5. The number of rotatable bonds is 0. The van der Waals surface area contributed by atoms with Gasteiger partial charge in [0.05, 0.1) is 0 Å². The number of aromatic nitrogens is 3. The maximum absolute atomic E-state index is 12.0. The van der Waals surface area contributed by atoms with Crippen molar-refractivity contribution in [1.29, 1.82) is 5.26 Å². The maximum atomic E-state index is 12.0. The molecular weight excluding hydrogens is 187 g/mol. The van der Waals surface area contributed by atoms with Gasteiger partial charge in [-0.2, -0.15) is 33.4 Å². The third-order valence-corrected chi connectivity index (χ3v) is 1.01. The molecule has 0 aliphatic heterocycles. The first-order chi connectivity index (χ1) is 5.93. The van der Waals surface area contributed by atoms with Crippen LogP contribution in [0.4, 0.5) is 19.1 Å². The summed E-state index contributed by atoms with van der Waals surface area (Å²) in [5.74, 6) is -2.74. The first-order valence-electron chi connectivity index (χ1n) is 2.92. The van der Waals surface area contributed by atoms with Gasteiger partial charge in [-0.3, -0.25) is 0 Å². The van der Waals surface area contributed by atoms with Crippen molar-refractivity contribution in [2.24, 2.45) is 0 Å². The van der Waals surface area contributed by atoms with Crippen LogP contribution >= 0.6 is 0 Å². The van der Waals surface area contributed by atoms with Gasteiger partial charge in [-0.1, -0.05) is 0 Å². The molecule has 1 aromatic rings. The Bertz CT molecular complexity index is 365. The molecule has 0 aromatic carbocycles. The summed E-state index contributed by atoms with van der Waals surface area (Å²) in [5.41, 5.74) is 4.92. The maximum Gasteiger partial charge on any atom is 0.451 e. The lowest BCUT2D eigenvalue weighted by Crippen LogP contribution is -2.14. The van der Waals surface area contributed by atoms with Crippen molar-refractivity contribution in [2.45, 2.75) is 6.18 Å². The molecule has 0 fully saturated rings. The Labute approximate surface area is 70.0 Å². The molecule has 13 heavy (non-hydrogen) atoms. The van der Waals surface area contributed by atoms with Gasteiger partial charge in [-0.15, -0.1) is 0 Å². The molecule has 0 bridgehead atoms. The summed E-state index contributed by atoms with van der Waals surface area (Å²) in [7, 11) is 0. The van der Waals surface area contributed by atoms with Gasteiger partial charge in [0.2, 0.25) is 17.6 Å². The van der Waals surface area contributed by atoms with E-state index >= 15 is 0 Å². The van der Waals surface area contributed by atoms with Gasteiger partial charge in [0, 0.05) is 0 Å². The Morgan fingerprint density at radius 1 is 1.23 bits per heavy atom. The van der Waals surface area contributed by atoms with E-state index in [1.807, 2.05) is 0 Å². The molecule has 0 unspecified atom stereocenters. The van der Waals surface area contributed by atoms with E-state index in [2.05, 4.69) is 15.0 Å². The van der Waals surface area contributed by atoms with Crippen molar-refractivity contribution in [2.75, 3.05) is 5.73 Å². The highest BCUT2D eigenvalue weighted by Crippen LogP contribution is 2.25. The van der Waals surface area contributed by atoms with Crippen molar-refractivity contribution in [1.82, 2.24) is 15.0 Å². The molecule has 0 aliphatic carbocycles. The van der Waals surface area contributed by atoms with Crippen molar-refractivity contribution in [3.63, 3.8) is 0 Å². The summed E-state index contributed by atoms with van der Waals surface area (Å²) in [6, 6.07) is 1.34. The lowest BCUT2D eigenvalue weighted by molar-refractivity contribution is -0.145. The van der Waals surface area contributed by atoms with Crippen LogP contribution in [0.3, 0.4) is 0 Å². The average Bonchev–Trinajstić information content (AvgIpc) is 2.01. The minimum atomic E-state index is -4.72. The number of nitrogens with two attached hydrogens (primary N) is 1. The SMILES string of the molecule is N#Cc1nc(N)nc(C(F)(F)F)n1. The van der Waals surface area contributed by atoms with Gasteiger partial charge in [0.1, 0.15) is 6.07 Å². The van der Waals surface area contributed by atoms with Crippen molar-refractivity contribution >= 4 is 5.95 Å². The first-order valence-corrected chi connectivity index (χ1v) is 2.92. The third kappa shape index (κ3) is 2.02. The van der Waals surface area contributed by atoms with E-state index in [1.54, 1.807) is 0 Å². The highest BCUT2D eigenvalue weighted by Gasteiger charge is 2.35. The smallest absolute Gasteiger partial charge is 0.368 e. The number of hydrogen-bond donors (Lipinski definition) is 1. The van der Waals surface area contributed by atoms with Crippen LogP contribution in [0.1, 0.15) is 11.6 Å². The van der Waals surface area contributed by atoms with Crippen LogP contribution in [0.2, 0.25) is 0 Å². The summed E-state index contributed by atoms with van der Waals surface area (Å²) in [5, 5.41) is 8.23. The van der Waals surface area contributed by atoms with E-state index in [0.717, 1.165) is 0 Å². The van der Waals surface area contributed by atoms with Crippen LogP contribution in [0.5, 0.6) is 0 Å². The Kier molecular flexibility index (Phi) is 2.02. The van der Waals surface area contributed by atoms with Crippen LogP contribution < -0.4 is 5.73 Å². The number of halogens is 3. The number of nitriles is 1. The van der Waals surface area contributed by atoms with Crippen molar-refractivity contribution in [3.8, 4) is 6.07 Å². The molecule has 5 nitrogen and oxygen atoms in total. The summed E-state index contributed by atoms with van der Waals surface area (Å²) in [6.45, 7) is 0. The monoisotopic (exact) mass is 189 g/mol. The van der Waals surface area contributed by atoms with E-state index in [1.165, 1.54) is 6.07 Å². The molecule has 0 radical (unpaired) electrons. The fourth-order valence-corrected chi connectivity index (χ4v) is 0.569. The zero-order chi connectivity index (χ0) is 10.1. The Morgan fingerprint density at radius 3 is 2.31 bits per heavy atom. The van der Waals surface area contributed by atoms with Gasteiger partial charge in [-0.05, 0) is 0 Å². The molecular formula is C5H2F3N5. The highest BCUT2D eigenvalue weighted by atomic mass is 19.4. The first kappa shape index (κ1) is 9.18. The third-order valence-electron chi connectivity index (χ3n) is 1.01. The fourth-order valence-electron chi connectivity index (χ4n) is 0.569. The van der Waals surface area contributed by atoms with Crippen LogP contribution in [-0.4, -0.2) is 15.0 Å². The molecule has 0 atom stereocenters. The molecule has 0 saturated carbocycles. The van der Waals surface area contributed by atoms with E-state index < -0.39 is 23.8 Å². The Balaban J connectivity index is 3.26. The lowest BCUT2D eigenvalue weighted by Gasteiger charge is -2.03. The normalized spacial score (nSPS) is 10.9. The number of nitrogen functional groups attached to an aromatic ring is 1. The molecule has 1 aromatic heterocycles. The molecule has 0 amide bonds. The van der Waals surface area contributed by atoms with Gasteiger partial charge < -0.3 is 5.73 Å². The van der Waals surface area contributed by atoms with Gasteiger partial charge >= 0.3 is 6.18 Å². The van der Waals surface area contributed by atoms with E-state index in [4.69, 9.17) is 11.0 Å². The molecule has 8 heteroatoms. The molecule has 0 aliphatic rings. The number of alkyl halides is 3. The summed E-state index contributed by atoms with van der Waals surface area (Å²) < 4.78 is 35.9. The van der Waals surface area contributed by atoms with Gasteiger partial charge in [0.25, 0.3) is 0 Å². The van der Waals surface area contributed by atoms with E-state index in [0.29, 0.717) is 0 Å². The van der Waals surface area contributed by atoms with E-state index in [-0.39, 0.29) is 0 Å². The molecule has 1 heterocycles. The molecule has 0 saturated heterocycles. The molecule has 1 rings (SSSR count). The topological polar surface area (TPSA) is 88.5 Å². The van der Waals surface area contributed by atoms with Gasteiger partial charge in [0.15, 0.2) is 0 Å². The van der Waals surface area contributed by atoms with Gasteiger partial charge in [-0.25, -0.2) is 0 Å². The summed E-state index contributed by atoms with van der Waals surface area (Å²) in [6.07, 6.45) is -4.72. The fraction of sp³-hybridized carbons (Fsp3) is 0.200. The minimum absolute atomic E-state index is 0.626.